The fraction of sp³-hybridized carbons (Fsp3) is 0.476. The van der Waals surface area contributed by atoms with E-state index >= 15 is 0 Å². The van der Waals surface area contributed by atoms with Crippen LogP contribution in [0.5, 0.6) is 5.75 Å². The number of hydrogen-bond donors (Lipinski definition) is 1. The van der Waals surface area contributed by atoms with E-state index < -0.39 is 17.1 Å². The first kappa shape index (κ1) is 20.7. The summed E-state index contributed by atoms with van der Waals surface area (Å²) < 4.78 is 15.7. The zero-order valence-electron chi connectivity index (χ0n) is 17.1. The van der Waals surface area contributed by atoms with Gasteiger partial charge in [-0.1, -0.05) is 0 Å². The minimum absolute atomic E-state index is 0.0506. The average Bonchev–Trinajstić information content (AvgIpc) is 2.66. The zero-order valence-corrected chi connectivity index (χ0v) is 17.1. The number of nitrogens with one attached hydrogen (secondary N) is 1. The number of piperidine rings is 1. The van der Waals surface area contributed by atoms with Gasteiger partial charge in [0.05, 0.1) is 12.5 Å². The quantitative estimate of drug-likeness (QED) is 0.848. The lowest BCUT2D eigenvalue weighted by Crippen LogP contribution is -2.47. The highest BCUT2D eigenvalue weighted by Gasteiger charge is 2.28. The molecule has 3 rings (SSSR count). The first-order valence-electron chi connectivity index (χ1n) is 9.57. The van der Waals surface area contributed by atoms with Crippen LogP contribution in [0.4, 0.5) is 4.79 Å². The van der Waals surface area contributed by atoms with E-state index in [2.05, 4.69) is 5.32 Å². The van der Waals surface area contributed by atoms with Gasteiger partial charge in [-0.2, -0.15) is 0 Å². The molecule has 1 aromatic heterocycles. The predicted octanol–water partition coefficient (Wildman–Crippen LogP) is 2.93. The van der Waals surface area contributed by atoms with Crippen LogP contribution in [0.1, 0.15) is 44.2 Å². The highest BCUT2D eigenvalue weighted by molar-refractivity contribution is 5.95. The van der Waals surface area contributed by atoms with Crippen LogP contribution in [0.2, 0.25) is 0 Å². The van der Waals surface area contributed by atoms with E-state index in [1.807, 2.05) is 20.8 Å². The Morgan fingerprint density at radius 3 is 2.48 bits per heavy atom. The second-order valence-electron chi connectivity index (χ2n) is 8.07. The van der Waals surface area contributed by atoms with Gasteiger partial charge >= 0.3 is 11.7 Å². The molecule has 0 aliphatic carbocycles. The summed E-state index contributed by atoms with van der Waals surface area (Å²) in [7, 11) is 1.53. The molecular weight excluding hydrogens is 376 g/mol. The minimum atomic E-state index is -0.574. The van der Waals surface area contributed by atoms with Crippen LogP contribution in [0, 0.1) is 0 Å². The Morgan fingerprint density at radius 2 is 1.86 bits per heavy atom. The summed E-state index contributed by atoms with van der Waals surface area (Å²) in [6, 6.07) is 6.37. The van der Waals surface area contributed by atoms with Crippen molar-refractivity contribution in [2.75, 3.05) is 20.2 Å². The van der Waals surface area contributed by atoms with Crippen LogP contribution in [-0.4, -0.2) is 48.7 Å². The standard InChI is InChI=1S/C21H26N2O6/c1-21(2,3)29-20(26)23-9-7-14(8-10-23)22-18(24)17-12-13-11-15(27-4)5-6-16(13)19(25)28-17/h5-6,11-12,14H,7-10H2,1-4H3,(H,22,24). The molecule has 1 aromatic carbocycles. The van der Waals surface area contributed by atoms with E-state index in [9.17, 15) is 14.4 Å². The molecule has 8 nitrogen and oxygen atoms in total. The number of nitrogens with zero attached hydrogens (tertiary/aromatic N) is 1. The second kappa shape index (κ2) is 8.14. The molecule has 2 amide bonds. The number of amides is 2. The van der Waals surface area contributed by atoms with Gasteiger partial charge in [0.2, 0.25) is 0 Å². The Hall–Kier alpha value is -3.03. The topological polar surface area (TPSA) is 98.1 Å². The lowest BCUT2D eigenvalue weighted by molar-refractivity contribution is 0.0199. The number of rotatable bonds is 3. The molecule has 156 valence electrons. The van der Waals surface area contributed by atoms with Crippen LogP contribution in [0.3, 0.4) is 0 Å². The van der Waals surface area contributed by atoms with Gasteiger partial charge in [0.15, 0.2) is 5.76 Å². The Labute approximate surface area is 168 Å². The molecule has 0 spiro atoms. The maximum Gasteiger partial charge on any atom is 0.410 e. The van der Waals surface area contributed by atoms with Crippen molar-refractivity contribution in [1.82, 2.24) is 10.2 Å². The molecule has 0 radical (unpaired) electrons. The molecule has 2 heterocycles. The first-order chi connectivity index (χ1) is 13.7. The smallest absolute Gasteiger partial charge is 0.410 e. The molecule has 0 saturated carbocycles. The van der Waals surface area contributed by atoms with E-state index in [1.165, 1.54) is 13.2 Å². The van der Waals surface area contributed by atoms with Crippen LogP contribution >= 0.6 is 0 Å². The first-order valence-corrected chi connectivity index (χ1v) is 9.57. The summed E-state index contributed by atoms with van der Waals surface area (Å²) >= 11 is 0. The van der Waals surface area contributed by atoms with Crippen molar-refractivity contribution in [2.24, 2.45) is 0 Å². The van der Waals surface area contributed by atoms with E-state index in [-0.39, 0.29) is 17.9 Å². The minimum Gasteiger partial charge on any atom is -0.497 e. The van der Waals surface area contributed by atoms with E-state index in [0.717, 1.165) is 0 Å². The molecule has 0 bridgehead atoms. The van der Waals surface area contributed by atoms with Gasteiger partial charge in [-0.3, -0.25) is 4.79 Å². The van der Waals surface area contributed by atoms with Crippen LogP contribution < -0.4 is 15.7 Å². The normalized spacial score (nSPS) is 15.2. The van der Waals surface area contributed by atoms with E-state index in [0.29, 0.717) is 42.5 Å². The number of hydrogen-bond acceptors (Lipinski definition) is 6. The van der Waals surface area contributed by atoms with Crippen molar-refractivity contribution in [1.29, 1.82) is 0 Å². The Kier molecular flexibility index (Phi) is 5.81. The van der Waals surface area contributed by atoms with E-state index in [4.69, 9.17) is 13.9 Å². The molecule has 1 fully saturated rings. The Bertz CT molecular complexity index is 967. The zero-order chi connectivity index (χ0) is 21.2. The summed E-state index contributed by atoms with van der Waals surface area (Å²) in [5, 5.41) is 3.84. The number of methoxy groups -OCH3 is 1. The number of likely N-dealkylation sites (tertiary alicyclic amines) is 1. The largest absolute Gasteiger partial charge is 0.497 e. The summed E-state index contributed by atoms with van der Waals surface area (Å²) in [4.78, 5) is 38.5. The monoisotopic (exact) mass is 402 g/mol. The fourth-order valence-electron chi connectivity index (χ4n) is 3.20. The number of carbonyl (C=O) groups excluding carboxylic acids is 2. The van der Waals surface area contributed by atoms with Gasteiger partial charge < -0.3 is 24.1 Å². The molecule has 0 atom stereocenters. The Morgan fingerprint density at radius 1 is 1.17 bits per heavy atom. The van der Waals surface area contributed by atoms with Crippen LogP contribution in [0.15, 0.2) is 33.5 Å². The Balaban J connectivity index is 1.64. The lowest BCUT2D eigenvalue weighted by atomic mass is 10.1. The number of benzene rings is 1. The van der Waals surface area contributed by atoms with Crippen molar-refractivity contribution in [2.45, 2.75) is 45.3 Å². The summed E-state index contributed by atoms with van der Waals surface area (Å²) in [6.07, 6.45) is 0.838. The van der Waals surface area contributed by atoms with Crippen molar-refractivity contribution in [3.8, 4) is 5.75 Å². The number of fused-ring (bicyclic) bond motifs is 1. The van der Waals surface area contributed by atoms with Crippen molar-refractivity contribution >= 4 is 22.8 Å². The predicted molar refractivity (Wildman–Crippen MR) is 107 cm³/mol. The van der Waals surface area contributed by atoms with Gasteiger partial charge in [0.25, 0.3) is 5.91 Å². The summed E-state index contributed by atoms with van der Waals surface area (Å²) in [5.41, 5.74) is -1.12. The summed E-state index contributed by atoms with van der Waals surface area (Å²) in [5.74, 6) is 0.0804. The average molecular weight is 402 g/mol. The third-order valence-corrected chi connectivity index (χ3v) is 4.67. The van der Waals surface area contributed by atoms with Gasteiger partial charge in [0.1, 0.15) is 11.4 Å². The third kappa shape index (κ3) is 5.07. The molecule has 29 heavy (non-hydrogen) atoms. The van der Waals surface area contributed by atoms with Crippen molar-refractivity contribution < 1.29 is 23.5 Å². The van der Waals surface area contributed by atoms with Gasteiger partial charge in [-0.15, -0.1) is 0 Å². The molecule has 1 aliphatic rings. The second-order valence-corrected chi connectivity index (χ2v) is 8.07. The number of carbonyl (C=O) groups is 2. The van der Waals surface area contributed by atoms with Crippen LogP contribution in [0.25, 0.3) is 10.8 Å². The fourth-order valence-corrected chi connectivity index (χ4v) is 3.20. The molecule has 0 unspecified atom stereocenters. The molecule has 2 aromatic rings. The summed E-state index contributed by atoms with van der Waals surface area (Å²) in [6.45, 7) is 6.44. The maximum atomic E-state index is 12.6. The van der Waals surface area contributed by atoms with E-state index in [1.54, 1.807) is 23.1 Å². The van der Waals surface area contributed by atoms with Gasteiger partial charge in [0, 0.05) is 19.1 Å². The van der Waals surface area contributed by atoms with Gasteiger partial charge in [-0.05, 0) is 63.3 Å². The lowest BCUT2D eigenvalue weighted by Gasteiger charge is -2.33. The third-order valence-electron chi connectivity index (χ3n) is 4.67. The van der Waals surface area contributed by atoms with Crippen molar-refractivity contribution in [3.63, 3.8) is 0 Å². The molecule has 1 N–H and O–H groups in total. The SMILES string of the molecule is COc1ccc2c(=O)oc(C(=O)NC3CCN(C(=O)OC(C)(C)C)CC3)cc2c1. The maximum absolute atomic E-state index is 12.6. The number of ether oxygens (including phenoxy) is 2. The highest BCUT2D eigenvalue weighted by Crippen LogP contribution is 2.20. The molecular formula is C21H26N2O6. The van der Waals surface area contributed by atoms with Crippen molar-refractivity contribution in [3.05, 3.63) is 40.4 Å². The molecule has 8 heteroatoms. The molecule has 1 saturated heterocycles. The van der Waals surface area contributed by atoms with Crippen LogP contribution in [-0.2, 0) is 4.74 Å². The molecule has 1 aliphatic heterocycles. The van der Waals surface area contributed by atoms with Gasteiger partial charge in [-0.25, -0.2) is 9.59 Å². The highest BCUT2D eigenvalue weighted by atomic mass is 16.6.